The monoisotopic (exact) mass is 756 g/mol. The molecule has 15 atom stereocenters. The maximum absolute atomic E-state index is 14.4. The third-order valence-corrected chi connectivity index (χ3v) is 13.3. The molecule has 1 amide bonds. The maximum Gasteiger partial charge on any atom is 0.411 e. The average Bonchev–Trinajstić information content (AvgIpc) is 3.34. The highest BCUT2D eigenvalue weighted by atomic mass is 16.7. The van der Waals surface area contributed by atoms with Crippen LogP contribution in [0.25, 0.3) is 6.08 Å². The lowest BCUT2D eigenvalue weighted by atomic mass is 9.67. The van der Waals surface area contributed by atoms with Crippen molar-refractivity contribution < 1.29 is 47.9 Å². The molecule has 12 nitrogen and oxygen atoms in total. The van der Waals surface area contributed by atoms with Crippen LogP contribution >= 0.6 is 0 Å². The van der Waals surface area contributed by atoms with Gasteiger partial charge in [0.25, 0.3) is 0 Å². The van der Waals surface area contributed by atoms with Crippen LogP contribution in [-0.4, -0.2) is 126 Å². The fraction of sp³-hybridized carbons (Fsp3) is 0.738. The number of rotatable bonds is 7. The lowest BCUT2D eigenvalue weighted by Crippen LogP contribution is -2.62. The number of amides is 1. The standard InChI is InChI=1S/C42H64N2O10/c1-13-32-42(9)35-28(6)41(8,50-23-30(44(35)39(48)54-42)20-19-29-17-15-14-16-18-29)24(2)22-40(7,49-12)36(26(4)33(45)27(5)37(47)52-32)53-38-34(46)31(43(10)11)21-25(3)51-38/h14-20,24-28,30-32,34-36,38,46H,13,21-23H2,1-12H3/b20-19+/t24-,25-,26+,27-,28-,30?,31+,32-,34-,35+,36-,38?,40-,41+,42-/m1/s1. The van der Waals surface area contributed by atoms with E-state index in [2.05, 4.69) is 20.8 Å². The van der Waals surface area contributed by atoms with Crippen molar-refractivity contribution in [2.24, 2.45) is 23.7 Å². The van der Waals surface area contributed by atoms with Crippen molar-refractivity contribution in [3.63, 3.8) is 0 Å². The summed E-state index contributed by atoms with van der Waals surface area (Å²) >= 11 is 0. The average molecular weight is 757 g/mol. The number of carbonyl (C=O) groups excluding carboxylic acids is 3. The second-order valence-electron chi connectivity index (χ2n) is 17.0. The molecule has 4 heterocycles. The van der Waals surface area contributed by atoms with E-state index in [1.807, 2.05) is 89.2 Å². The molecule has 0 radical (unpaired) electrons. The molecule has 4 fully saturated rings. The first-order valence-electron chi connectivity index (χ1n) is 19.7. The Hall–Kier alpha value is -2.87. The smallest absolute Gasteiger partial charge is 0.411 e. The van der Waals surface area contributed by atoms with Crippen molar-refractivity contribution in [3.8, 4) is 0 Å². The van der Waals surface area contributed by atoms with Crippen LogP contribution in [-0.2, 0) is 38.0 Å². The minimum absolute atomic E-state index is 0.189. The van der Waals surface area contributed by atoms with Crippen molar-refractivity contribution in [2.45, 2.75) is 147 Å². The van der Waals surface area contributed by atoms with E-state index in [1.54, 1.807) is 25.9 Å². The maximum atomic E-state index is 14.4. The summed E-state index contributed by atoms with van der Waals surface area (Å²) in [7, 11) is 5.39. The molecule has 1 aromatic rings. The highest BCUT2D eigenvalue weighted by Gasteiger charge is 2.65. The SMILES string of the molecule is CC[C@H]1OC(=O)[C@H](C)C(=O)[C@H](C)[C@@H](OC2O[C@H](C)C[C@H](N(C)C)[C@H]2O)[C@](C)(OC)C[C@@H](C)[C@]2(C)OCC(/C=C/c3ccccc3)N3C(=O)O[C@@]1(C)[C@@H]3[C@H]2C. The van der Waals surface area contributed by atoms with E-state index >= 15 is 0 Å². The molecule has 12 heteroatoms. The van der Waals surface area contributed by atoms with Gasteiger partial charge in [0.2, 0.25) is 0 Å². The predicted molar refractivity (Wildman–Crippen MR) is 203 cm³/mol. The zero-order valence-electron chi connectivity index (χ0n) is 34.3. The molecule has 0 saturated carbocycles. The number of aliphatic hydroxyl groups is 1. The molecule has 0 spiro atoms. The number of aliphatic hydroxyl groups excluding tert-OH is 1. The summed E-state index contributed by atoms with van der Waals surface area (Å²) in [6.07, 6.45) is 0.648. The number of ether oxygens (including phenoxy) is 6. The van der Waals surface area contributed by atoms with Gasteiger partial charge in [0.05, 0.1) is 42.1 Å². The van der Waals surface area contributed by atoms with E-state index in [9.17, 15) is 19.5 Å². The molecule has 1 N–H and O–H groups in total. The second-order valence-corrected chi connectivity index (χ2v) is 17.0. The van der Waals surface area contributed by atoms with Crippen LogP contribution in [0, 0.1) is 23.7 Å². The van der Waals surface area contributed by atoms with E-state index < -0.39 is 83.2 Å². The van der Waals surface area contributed by atoms with E-state index in [1.165, 1.54) is 0 Å². The summed E-state index contributed by atoms with van der Waals surface area (Å²) in [5.74, 6) is -3.74. The van der Waals surface area contributed by atoms with Gasteiger partial charge in [-0.2, -0.15) is 0 Å². The zero-order valence-corrected chi connectivity index (χ0v) is 34.3. The highest BCUT2D eigenvalue weighted by molar-refractivity contribution is 6.00. The van der Waals surface area contributed by atoms with Gasteiger partial charge in [0.15, 0.2) is 17.7 Å². The van der Waals surface area contributed by atoms with E-state index in [4.69, 9.17) is 28.4 Å². The number of hydrogen-bond acceptors (Lipinski definition) is 11. The number of hydrogen-bond donors (Lipinski definition) is 1. The number of fused-ring (bicyclic) bond motifs is 1. The summed E-state index contributed by atoms with van der Waals surface area (Å²) in [4.78, 5) is 46.2. The van der Waals surface area contributed by atoms with Gasteiger partial charge in [-0.15, -0.1) is 0 Å². The molecule has 0 aromatic heterocycles. The second kappa shape index (κ2) is 16.3. The zero-order chi connectivity index (χ0) is 39.9. The van der Waals surface area contributed by atoms with Crippen LogP contribution in [0.15, 0.2) is 36.4 Å². The van der Waals surface area contributed by atoms with Crippen molar-refractivity contribution in [1.29, 1.82) is 0 Å². The highest BCUT2D eigenvalue weighted by Crippen LogP contribution is 2.50. The Morgan fingerprint density at radius 1 is 1.02 bits per heavy atom. The number of esters is 1. The number of Topliss-reactive ketones (excluding diaryl/α,β-unsaturated/α-hetero) is 1. The molecule has 302 valence electrons. The van der Waals surface area contributed by atoms with Crippen molar-refractivity contribution in [1.82, 2.24) is 9.80 Å². The van der Waals surface area contributed by atoms with Gasteiger partial charge < -0.3 is 38.4 Å². The quantitative estimate of drug-likeness (QED) is 0.280. The summed E-state index contributed by atoms with van der Waals surface area (Å²) in [6, 6.07) is 8.54. The van der Waals surface area contributed by atoms with Gasteiger partial charge in [0, 0.05) is 25.0 Å². The fourth-order valence-corrected chi connectivity index (χ4v) is 9.57. The van der Waals surface area contributed by atoms with Crippen LogP contribution in [0.1, 0.15) is 87.1 Å². The Bertz CT molecular complexity index is 1520. The predicted octanol–water partition coefficient (Wildman–Crippen LogP) is 5.49. The lowest BCUT2D eigenvalue weighted by molar-refractivity contribution is -0.297. The van der Waals surface area contributed by atoms with Gasteiger partial charge in [-0.25, -0.2) is 4.79 Å². The van der Waals surface area contributed by atoms with Gasteiger partial charge in [-0.05, 0) is 79.5 Å². The Labute approximate surface area is 321 Å². The third-order valence-electron chi connectivity index (χ3n) is 13.3. The van der Waals surface area contributed by atoms with E-state index in [0.717, 1.165) is 5.56 Å². The number of ketones is 1. The third kappa shape index (κ3) is 7.76. The Morgan fingerprint density at radius 3 is 2.30 bits per heavy atom. The molecule has 2 unspecified atom stereocenters. The minimum atomic E-state index is -1.27. The first-order chi connectivity index (χ1) is 25.3. The molecular weight excluding hydrogens is 692 g/mol. The van der Waals surface area contributed by atoms with E-state index in [-0.39, 0.29) is 30.6 Å². The van der Waals surface area contributed by atoms with Gasteiger partial charge in [0.1, 0.15) is 18.1 Å². The van der Waals surface area contributed by atoms with Crippen molar-refractivity contribution >= 4 is 23.9 Å². The molecular formula is C42H64N2O10. The minimum Gasteiger partial charge on any atom is -0.458 e. The summed E-state index contributed by atoms with van der Waals surface area (Å²) in [5, 5.41) is 11.5. The van der Waals surface area contributed by atoms with Crippen molar-refractivity contribution in [2.75, 3.05) is 27.8 Å². The van der Waals surface area contributed by atoms with Gasteiger partial charge in [-0.3, -0.25) is 14.5 Å². The van der Waals surface area contributed by atoms with Gasteiger partial charge >= 0.3 is 12.1 Å². The first-order valence-corrected chi connectivity index (χ1v) is 19.7. The largest absolute Gasteiger partial charge is 0.458 e. The van der Waals surface area contributed by atoms with Crippen LogP contribution in [0.3, 0.4) is 0 Å². The Balaban J connectivity index is 1.63. The number of carbonyl (C=O) groups is 3. The Kier molecular flexibility index (Phi) is 12.8. The molecule has 4 aliphatic rings. The molecule has 4 aliphatic heterocycles. The Morgan fingerprint density at radius 2 is 1.69 bits per heavy atom. The number of likely N-dealkylation sites (N-methyl/N-ethyl adjacent to an activating group) is 1. The lowest BCUT2D eigenvalue weighted by Gasteiger charge is -2.50. The summed E-state index contributed by atoms with van der Waals surface area (Å²) < 4.78 is 38.9. The van der Waals surface area contributed by atoms with Gasteiger partial charge in [-0.1, -0.05) is 70.2 Å². The van der Waals surface area contributed by atoms with E-state index in [0.29, 0.717) is 19.3 Å². The topological polar surface area (TPSA) is 133 Å². The van der Waals surface area contributed by atoms with Crippen LogP contribution in [0.5, 0.6) is 0 Å². The van der Waals surface area contributed by atoms with Crippen LogP contribution < -0.4 is 0 Å². The molecule has 1 aromatic carbocycles. The summed E-state index contributed by atoms with van der Waals surface area (Å²) in [6.45, 7) is 17.2. The number of methoxy groups -OCH3 is 1. The normalized spacial score (nSPS) is 43.8. The van der Waals surface area contributed by atoms with Crippen molar-refractivity contribution in [3.05, 3.63) is 42.0 Å². The number of cyclic esters (lactones) is 1. The molecule has 54 heavy (non-hydrogen) atoms. The van der Waals surface area contributed by atoms with Crippen LogP contribution in [0.2, 0.25) is 0 Å². The molecule has 2 bridgehead atoms. The number of nitrogens with zero attached hydrogens (tertiary/aromatic N) is 2. The first kappa shape index (κ1) is 42.3. The molecule has 0 aliphatic carbocycles. The van der Waals surface area contributed by atoms with Crippen LogP contribution in [0.4, 0.5) is 4.79 Å². The summed E-state index contributed by atoms with van der Waals surface area (Å²) in [5.41, 5.74) is -2.31. The molecule has 4 saturated heterocycles. The number of benzene rings is 1. The fourth-order valence-electron chi connectivity index (χ4n) is 9.57. The molecule has 5 rings (SSSR count).